The van der Waals surface area contributed by atoms with Crippen molar-refractivity contribution in [3.63, 3.8) is 0 Å². The van der Waals surface area contributed by atoms with Crippen molar-refractivity contribution in [1.29, 1.82) is 0 Å². The Bertz CT molecular complexity index is 3910. The SMILES string of the molecule is C1=CCCC(c2cccc(/C3=N/C(c4cc(-n5c6ccccc6c6cc7ccccc7cc65)c5oc6c7ccccc7ccc6c5c4)=N\C(c4ccc(-c5ccccc5)cc4)=C/CC3)c2)=C1. The molecule has 0 bridgehead atoms. The number of furan rings is 1. The van der Waals surface area contributed by atoms with Crippen molar-refractivity contribution in [3.05, 3.63) is 235 Å². The normalized spacial score (nSPS) is 16.8. The Morgan fingerprint density at radius 2 is 1.15 bits per heavy atom. The number of nitrogens with zero attached hydrogens (tertiary/aromatic N) is 3. The van der Waals surface area contributed by atoms with Crippen LogP contribution in [0.15, 0.2) is 227 Å². The molecule has 4 nitrogen and oxygen atoms in total. The first-order chi connectivity index (χ1) is 32.7. The average Bonchev–Trinajstić information content (AvgIpc) is 3.92. The van der Waals surface area contributed by atoms with Crippen LogP contribution < -0.4 is 0 Å². The lowest BCUT2D eigenvalue weighted by atomic mass is 9.94. The fraction of sp³-hybridized carbons (Fsp3) is 0.0645. The molecule has 0 saturated carbocycles. The maximum Gasteiger partial charge on any atom is 0.160 e. The maximum absolute atomic E-state index is 7.17. The van der Waals surface area contributed by atoms with E-state index in [1.54, 1.807) is 0 Å². The molecule has 13 rings (SSSR count). The summed E-state index contributed by atoms with van der Waals surface area (Å²) in [5, 5.41) is 9.09. The van der Waals surface area contributed by atoms with Crippen LogP contribution in [0.3, 0.4) is 0 Å². The van der Waals surface area contributed by atoms with Gasteiger partial charge in [0.25, 0.3) is 0 Å². The van der Waals surface area contributed by atoms with Crippen LogP contribution in [0.25, 0.3) is 93.4 Å². The number of amidine groups is 1. The molecule has 2 aliphatic rings. The Balaban J connectivity index is 1.08. The van der Waals surface area contributed by atoms with E-state index in [9.17, 15) is 0 Å². The van der Waals surface area contributed by atoms with E-state index >= 15 is 0 Å². The molecule has 11 aromatic rings. The minimum absolute atomic E-state index is 0.665. The van der Waals surface area contributed by atoms with Crippen molar-refractivity contribution in [3.8, 4) is 16.8 Å². The minimum atomic E-state index is 0.665. The first-order valence-corrected chi connectivity index (χ1v) is 23.0. The van der Waals surface area contributed by atoms with Gasteiger partial charge in [-0.1, -0.05) is 170 Å². The first kappa shape index (κ1) is 38.1. The van der Waals surface area contributed by atoms with Crippen LogP contribution >= 0.6 is 0 Å². The highest BCUT2D eigenvalue weighted by atomic mass is 16.3. The molecular formula is C62H43N3O. The molecule has 3 heterocycles. The molecule has 0 N–H and O–H groups in total. The molecule has 1 aliphatic heterocycles. The van der Waals surface area contributed by atoms with E-state index in [2.05, 4.69) is 217 Å². The van der Waals surface area contributed by atoms with Crippen LogP contribution in [0, 0.1) is 0 Å². The summed E-state index contributed by atoms with van der Waals surface area (Å²) in [6, 6.07) is 67.7. The van der Waals surface area contributed by atoms with Gasteiger partial charge in [-0.3, -0.25) is 0 Å². The lowest BCUT2D eigenvalue weighted by Crippen LogP contribution is -2.10. The molecule has 0 spiro atoms. The van der Waals surface area contributed by atoms with Gasteiger partial charge in [0.05, 0.1) is 28.1 Å². The number of aliphatic imine (C=N–C) groups is 2. The number of para-hydroxylation sites is 1. The second-order valence-corrected chi connectivity index (χ2v) is 17.5. The van der Waals surface area contributed by atoms with Crippen molar-refractivity contribution >= 4 is 88.1 Å². The number of allylic oxidation sites excluding steroid dienone is 5. The molecule has 0 fully saturated rings. The van der Waals surface area contributed by atoms with Crippen molar-refractivity contribution < 1.29 is 4.42 Å². The van der Waals surface area contributed by atoms with Gasteiger partial charge < -0.3 is 8.98 Å². The first-order valence-electron chi connectivity index (χ1n) is 23.0. The quantitative estimate of drug-likeness (QED) is 0.164. The zero-order chi connectivity index (χ0) is 43.6. The third-order valence-electron chi connectivity index (χ3n) is 13.5. The average molecular weight is 846 g/mol. The van der Waals surface area contributed by atoms with Crippen LogP contribution in [0.5, 0.6) is 0 Å². The van der Waals surface area contributed by atoms with E-state index in [0.717, 1.165) is 103 Å². The summed E-state index contributed by atoms with van der Waals surface area (Å²) in [7, 11) is 0. The van der Waals surface area contributed by atoms with Crippen LogP contribution in [0.1, 0.15) is 47.9 Å². The number of hydrogen-bond donors (Lipinski definition) is 0. The lowest BCUT2D eigenvalue weighted by molar-refractivity contribution is 0.670. The Kier molecular flexibility index (Phi) is 9.09. The second kappa shape index (κ2) is 15.7. The number of benzene rings is 9. The molecule has 0 unspecified atom stereocenters. The summed E-state index contributed by atoms with van der Waals surface area (Å²) in [6.07, 6.45) is 12.6. The van der Waals surface area contributed by atoms with Crippen molar-refractivity contribution in [2.75, 3.05) is 0 Å². The van der Waals surface area contributed by atoms with Gasteiger partial charge in [0.1, 0.15) is 5.58 Å². The third kappa shape index (κ3) is 6.52. The largest absolute Gasteiger partial charge is 0.453 e. The fourth-order valence-electron chi connectivity index (χ4n) is 10.2. The van der Waals surface area contributed by atoms with Gasteiger partial charge in [-0.05, 0) is 118 Å². The minimum Gasteiger partial charge on any atom is -0.453 e. The summed E-state index contributed by atoms with van der Waals surface area (Å²) in [4.78, 5) is 11.3. The molecule has 1 aliphatic carbocycles. The molecule has 9 aromatic carbocycles. The van der Waals surface area contributed by atoms with E-state index < -0.39 is 0 Å². The monoisotopic (exact) mass is 845 g/mol. The zero-order valence-corrected chi connectivity index (χ0v) is 36.3. The number of fused-ring (bicyclic) bond motifs is 9. The second-order valence-electron chi connectivity index (χ2n) is 17.5. The number of rotatable bonds is 6. The smallest absolute Gasteiger partial charge is 0.160 e. The summed E-state index contributed by atoms with van der Waals surface area (Å²) < 4.78 is 9.57. The van der Waals surface area contributed by atoms with Crippen LogP contribution in [-0.2, 0) is 0 Å². The van der Waals surface area contributed by atoms with Gasteiger partial charge in [-0.15, -0.1) is 0 Å². The molecule has 0 saturated heterocycles. The highest BCUT2D eigenvalue weighted by Gasteiger charge is 2.23. The maximum atomic E-state index is 7.17. The van der Waals surface area contributed by atoms with E-state index in [1.165, 1.54) is 43.8 Å². The molecule has 0 amide bonds. The summed E-state index contributed by atoms with van der Waals surface area (Å²) in [6.45, 7) is 0. The molecule has 0 atom stereocenters. The molecular weight excluding hydrogens is 803 g/mol. The van der Waals surface area contributed by atoms with Crippen molar-refractivity contribution in [2.24, 2.45) is 9.98 Å². The Morgan fingerprint density at radius 3 is 2.00 bits per heavy atom. The van der Waals surface area contributed by atoms with Gasteiger partial charge in [-0.25, -0.2) is 9.98 Å². The summed E-state index contributed by atoms with van der Waals surface area (Å²) >= 11 is 0. The topological polar surface area (TPSA) is 42.8 Å². The van der Waals surface area contributed by atoms with E-state index in [-0.39, 0.29) is 0 Å². The van der Waals surface area contributed by atoms with Crippen molar-refractivity contribution in [2.45, 2.75) is 25.7 Å². The van der Waals surface area contributed by atoms with Gasteiger partial charge in [0, 0.05) is 32.5 Å². The van der Waals surface area contributed by atoms with Crippen LogP contribution in [-0.4, -0.2) is 16.1 Å². The number of hydrogen-bond acceptors (Lipinski definition) is 3. The summed E-state index contributed by atoms with van der Waals surface area (Å²) in [5.41, 5.74) is 14.9. The summed E-state index contributed by atoms with van der Waals surface area (Å²) in [5.74, 6) is 0.665. The molecule has 66 heavy (non-hydrogen) atoms. The standard InChI is InChI=1S/C62H43N3O/c1-3-15-40(16-4-1)42-29-31-44(32-30-42)55-26-14-27-56(48-23-13-22-45(35-48)41-17-5-2-6-18-41)64-62(63-55)49-37-54-52-34-33-43-19-9-10-24-50(43)60(52)66-61(54)59(39-49)65-57-28-12-11-25-51(57)53-36-46-20-7-8-21-47(46)38-58(53)65/h1-5,7-13,15-17,19-26,28-39H,6,14,18,27H2/b55-26-,63-62-,64-56+. The van der Waals surface area contributed by atoms with Crippen LogP contribution in [0.4, 0.5) is 0 Å². The van der Waals surface area contributed by atoms with Gasteiger partial charge in [0.15, 0.2) is 11.4 Å². The predicted octanol–water partition coefficient (Wildman–Crippen LogP) is 16.5. The molecule has 2 aromatic heterocycles. The lowest BCUT2D eigenvalue weighted by Gasteiger charge is -2.16. The Hall–Kier alpha value is -8.34. The zero-order valence-electron chi connectivity index (χ0n) is 36.3. The van der Waals surface area contributed by atoms with Gasteiger partial charge in [-0.2, -0.15) is 0 Å². The van der Waals surface area contributed by atoms with Gasteiger partial charge in [0.2, 0.25) is 0 Å². The van der Waals surface area contributed by atoms with E-state index in [1.807, 2.05) is 0 Å². The van der Waals surface area contributed by atoms with E-state index in [0.29, 0.717) is 5.84 Å². The van der Waals surface area contributed by atoms with Gasteiger partial charge >= 0.3 is 0 Å². The highest BCUT2D eigenvalue weighted by Crippen LogP contribution is 2.42. The third-order valence-corrected chi connectivity index (χ3v) is 13.5. The highest BCUT2D eigenvalue weighted by molar-refractivity contribution is 6.21. The molecule has 0 radical (unpaired) electrons. The predicted molar refractivity (Wildman–Crippen MR) is 278 cm³/mol. The van der Waals surface area contributed by atoms with Crippen molar-refractivity contribution in [1.82, 2.24) is 4.57 Å². The van der Waals surface area contributed by atoms with E-state index in [4.69, 9.17) is 14.4 Å². The Morgan fingerprint density at radius 1 is 0.424 bits per heavy atom. The fourth-order valence-corrected chi connectivity index (χ4v) is 10.2. The van der Waals surface area contributed by atoms with Crippen LogP contribution in [0.2, 0.25) is 0 Å². The molecule has 4 heteroatoms. The molecule has 312 valence electrons. The number of aromatic nitrogens is 1. The Labute approximate surface area is 382 Å².